The van der Waals surface area contributed by atoms with Gasteiger partial charge in [-0.05, 0) is 51.7 Å². The van der Waals surface area contributed by atoms with Crippen molar-refractivity contribution in [2.75, 3.05) is 0 Å². The third-order valence-electron chi connectivity index (χ3n) is 3.12. The van der Waals surface area contributed by atoms with Crippen molar-refractivity contribution in [3.05, 3.63) is 69.4 Å². The Kier molecular flexibility index (Phi) is 4.68. The fraction of sp³-hybridized carbons (Fsp3) is 0.200. The zero-order valence-electron chi connectivity index (χ0n) is 10.8. The van der Waals surface area contributed by atoms with Crippen LogP contribution in [-0.2, 0) is 12.6 Å². The lowest BCUT2D eigenvalue weighted by molar-refractivity contribution is -0.137. The second-order valence-corrected chi connectivity index (χ2v) is 5.44. The Hall–Kier alpha value is -1.40. The maximum atomic E-state index is 13.4. The van der Waals surface area contributed by atoms with Crippen molar-refractivity contribution in [3.8, 4) is 0 Å². The van der Waals surface area contributed by atoms with Crippen LogP contribution < -0.4 is 5.73 Å². The van der Waals surface area contributed by atoms with E-state index in [1.165, 1.54) is 18.2 Å². The Bertz CT molecular complexity index is 623. The number of rotatable bonds is 3. The molecule has 0 aliphatic carbocycles. The van der Waals surface area contributed by atoms with Gasteiger partial charge in [-0.1, -0.05) is 24.3 Å². The highest BCUT2D eigenvalue weighted by Crippen LogP contribution is 2.30. The fourth-order valence-electron chi connectivity index (χ4n) is 2.00. The molecule has 2 N–H and O–H groups in total. The van der Waals surface area contributed by atoms with Gasteiger partial charge < -0.3 is 5.73 Å². The molecule has 0 saturated heterocycles. The lowest BCUT2D eigenvalue weighted by Crippen LogP contribution is -2.14. The number of alkyl halides is 3. The van der Waals surface area contributed by atoms with Crippen LogP contribution in [0.1, 0.15) is 22.7 Å². The molecule has 2 rings (SSSR count). The van der Waals surface area contributed by atoms with Crippen molar-refractivity contribution in [2.45, 2.75) is 18.6 Å². The molecule has 2 aromatic rings. The van der Waals surface area contributed by atoms with E-state index in [1.54, 1.807) is 12.1 Å². The van der Waals surface area contributed by atoms with E-state index in [0.717, 1.165) is 12.1 Å². The van der Waals surface area contributed by atoms with E-state index in [-0.39, 0.29) is 4.47 Å². The molecule has 112 valence electrons. The van der Waals surface area contributed by atoms with E-state index in [0.29, 0.717) is 17.5 Å². The zero-order valence-corrected chi connectivity index (χ0v) is 12.4. The van der Waals surface area contributed by atoms with Crippen molar-refractivity contribution >= 4 is 15.9 Å². The molecule has 0 heterocycles. The molecule has 2 aromatic carbocycles. The predicted octanol–water partition coefficient (Wildman–Crippen LogP) is 4.85. The molecule has 0 spiro atoms. The second kappa shape index (κ2) is 6.15. The summed E-state index contributed by atoms with van der Waals surface area (Å²) in [7, 11) is 0. The van der Waals surface area contributed by atoms with Gasteiger partial charge in [0.15, 0.2) is 0 Å². The van der Waals surface area contributed by atoms with Gasteiger partial charge in [0.1, 0.15) is 5.82 Å². The van der Waals surface area contributed by atoms with Crippen LogP contribution in [-0.4, -0.2) is 0 Å². The number of halogens is 5. The van der Waals surface area contributed by atoms with Gasteiger partial charge in [0.25, 0.3) is 0 Å². The average molecular weight is 362 g/mol. The molecule has 0 fully saturated rings. The van der Waals surface area contributed by atoms with Crippen LogP contribution in [0.3, 0.4) is 0 Å². The number of hydrogen-bond donors (Lipinski definition) is 1. The molecule has 0 aliphatic rings. The Morgan fingerprint density at radius 3 is 2.24 bits per heavy atom. The molecular formula is C15H12BrF4N. The molecule has 0 aromatic heterocycles. The van der Waals surface area contributed by atoms with Crippen LogP contribution in [0, 0.1) is 5.82 Å². The first-order chi connectivity index (χ1) is 9.79. The Morgan fingerprint density at radius 2 is 1.67 bits per heavy atom. The minimum atomic E-state index is -4.35. The lowest BCUT2D eigenvalue weighted by Gasteiger charge is -2.15. The first kappa shape index (κ1) is 16.0. The molecular weight excluding hydrogens is 350 g/mol. The minimum Gasteiger partial charge on any atom is -0.324 e. The van der Waals surface area contributed by atoms with Gasteiger partial charge in [-0.3, -0.25) is 0 Å². The molecule has 21 heavy (non-hydrogen) atoms. The van der Waals surface area contributed by atoms with Gasteiger partial charge in [-0.2, -0.15) is 13.2 Å². The predicted molar refractivity (Wildman–Crippen MR) is 76.2 cm³/mol. The van der Waals surface area contributed by atoms with Crippen molar-refractivity contribution in [1.29, 1.82) is 0 Å². The van der Waals surface area contributed by atoms with Crippen LogP contribution in [0.25, 0.3) is 0 Å². The third kappa shape index (κ3) is 3.83. The molecule has 0 saturated carbocycles. The summed E-state index contributed by atoms with van der Waals surface area (Å²) in [5.74, 6) is -0.421. The van der Waals surface area contributed by atoms with Crippen molar-refractivity contribution < 1.29 is 17.6 Å². The fourth-order valence-corrected chi connectivity index (χ4v) is 2.56. The van der Waals surface area contributed by atoms with Gasteiger partial charge in [-0.25, -0.2) is 4.39 Å². The summed E-state index contributed by atoms with van der Waals surface area (Å²) in [6, 6.07) is 8.83. The second-order valence-electron chi connectivity index (χ2n) is 4.65. The lowest BCUT2D eigenvalue weighted by atomic mass is 9.99. The first-order valence-corrected chi connectivity index (χ1v) is 6.94. The van der Waals surface area contributed by atoms with Crippen molar-refractivity contribution in [3.63, 3.8) is 0 Å². The van der Waals surface area contributed by atoms with Gasteiger partial charge in [0.05, 0.1) is 10.0 Å². The average Bonchev–Trinajstić information content (AvgIpc) is 2.41. The topological polar surface area (TPSA) is 26.0 Å². The van der Waals surface area contributed by atoms with Crippen LogP contribution in [0.5, 0.6) is 0 Å². The van der Waals surface area contributed by atoms with Gasteiger partial charge in [0, 0.05) is 6.04 Å². The highest BCUT2D eigenvalue weighted by molar-refractivity contribution is 9.10. The molecule has 0 radical (unpaired) electrons. The minimum absolute atomic E-state index is 0.282. The van der Waals surface area contributed by atoms with Crippen molar-refractivity contribution in [1.82, 2.24) is 0 Å². The normalized spacial score (nSPS) is 13.2. The van der Waals surface area contributed by atoms with Gasteiger partial charge in [0.2, 0.25) is 0 Å². The smallest absolute Gasteiger partial charge is 0.324 e. The van der Waals surface area contributed by atoms with Gasteiger partial charge in [-0.15, -0.1) is 0 Å². The molecule has 0 amide bonds. The summed E-state index contributed by atoms with van der Waals surface area (Å²) in [5, 5.41) is 0. The molecule has 0 bridgehead atoms. The van der Waals surface area contributed by atoms with Crippen molar-refractivity contribution in [2.24, 2.45) is 5.73 Å². The molecule has 1 atom stereocenters. The summed E-state index contributed by atoms with van der Waals surface area (Å²) in [4.78, 5) is 0. The standard InChI is InChI=1S/C15H12BrF4N/c16-14-11(2-1-3-12(14)17)13(21)8-9-4-6-10(7-5-9)15(18,19)20/h1-7,13H,8,21H2. The van der Waals surface area contributed by atoms with Crippen LogP contribution in [0.4, 0.5) is 17.6 Å². The molecule has 1 unspecified atom stereocenters. The van der Waals surface area contributed by atoms with E-state index >= 15 is 0 Å². The van der Waals surface area contributed by atoms with E-state index < -0.39 is 23.6 Å². The highest BCUT2D eigenvalue weighted by Gasteiger charge is 2.30. The van der Waals surface area contributed by atoms with E-state index in [2.05, 4.69) is 15.9 Å². The summed E-state index contributed by atoms with van der Waals surface area (Å²) >= 11 is 3.13. The molecule has 1 nitrogen and oxygen atoms in total. The quantitative estimate of drug-likeness (QED) is 0.777. The summed E-state index contributed by atoms with van der Waals surface area (Å²) in [6.45, 7) is 0. The van der Waals surface area contributed by atoms with Crippen LogP contribution in [0.2, 0.25) is 0 Å². The Labute approximate surface area is 127 Å². The number of hydrogen-bond acceptors (Lipinski definition) is 1. The maximum absolute atomic E-state index is 13.4. The number of nitrogens with two attached hydrogens (primary N) is 1. The summed E-state index contributed by atoms with van der Waals surface area (Å²) < 4.78 is 51.1. The summed E-state index contributed by atoms with van der Waals surface area (Å²) in [5.41, 5.74) is 6.54. The summed E-state index contributed by atoms with van der Waals surface area (Å²) in [6.07, 6.45) is -4.04. The SMILES string of the molecule is NC(Cc1ccc(C(F)(F)F)cc1)c1cccc(F)c1Br. The molecule has 6 heteroatoms. The van der Waals surface area contributed by atoms with Gasteiger partial charge >= 0.3 is 6.18 Å². The third-order valence-corrected chi connectivity index (χ3v) is 3.95. The maximum Gasteiger partial charge on any atom is 0.416 e. The van der Waals surface area contributed by atoms with E-state index in [1.807, 2.05) is 0 Å². The first-order valence-electron chi connectivity index (χ1n) is 6.14. The van der Waals surface area contributed by atoms with Crippen LogP contribution >= 0.6 is 15.9 Å². The van der Waals surface area contributed by atoms with E-state index in [4.69, 9.17) is 5.73 Å². The largest absolute Gasteiger partial charge is 0.416 e. The Balaban J connectivity index is 2.16. The molecule has 0 aliphatic heterocycles. The zero-order chi connectivity index (χ0) is 15.6. The van der Waals surface area contributed by atoms with Crippen LogP contribution in [0.15, 0.2) is 46.9 Å². The van der Waals surface area contributed by atoms with E-state index in [9.17, 15) is 17.6 Å². The number of benzene rings is 2. The highest BCUT2D eigenvalue weighted by atomic mass is 79.9. The monoisotopic (exact) mass is 361 g/mol. The Morgan fingerprint density at radius 1 is 1.05 bits per heavy atom.